The average molecular weight is 224 g/mol. The van der Waals surface area contributed by atoms with Crippen LogP contribution in [-0.2, 0) is 12.1 Å². The topological polar surface area (TPSA) is 12.0 Å². The van der Waals surface area contributed by atoms with Gasteiger partial charge in [0, 0.05) is 16.6 Å². The lowest BCUT2D eigenvalue weighted by Crippen LogP contribution is -2.19. The van der Waals surface area contributed by atoms with Crippen molar-refractivity contribution in [2.75, 3.05) is 0 Å². The van der Waals surface area contributed by atoms with Gasteiger partial charge in [0.15, 0.2) is 0 Å². The summed E-state index contributed by atoms with van der Waals surface area (Å²) in [6.45, 7) is 1.06. The normalized spacial score (nSPS) is 22.8. The molecule has 0 radical (unpaired) electrons. The molecule has 1 aromatic carbocycles. The highest BCUT2D eigenvalue weighted by Gasteiger charge is 2.48. The second-order valence-electron chi connectivity index (χ2n) is 3.74. The lowest BCUT2D eigenvalue weighted by Gasteiger charge is -2.07. The van der Waals surface area contributed by atoms with Crippen molar-refractivity contribution in [2.45, 2.75) is 24.9 Å². The minimum atomic E-state index is 0.388. The standard InChI is InChI=1S/C10H10BrN/c11-8-2-1-7-6-12-10(3-4-10)9(7)5-8/h1-2,5,12H,3-4,6H2. The summed E-state index contributed by atoms with van der Waals surface area (Å²) in [5.74, 6) is 0. The third-order valence-electron chi connectivity index (χ3n) is 2.95. The molecule has 0 unspecified atom stereocenters. The van der Waals surface area contributed by atoms with Crippen molar-refractivity contribution in [2.24, 2.45) is 0 Å². The molecule has 62 valence electrons. The monoisotopic (exact) mass is 223 g/mol. The van der Waals surface area contributed by atoms with Crippen molar-refractivity contribution in [3.63, 3.8) is 0 Å². The van der Waals surface area contributed by atoms with Crippen LogP contribution in [0, 0.1) is 0 Å². The molecule has 0 bridgehead atoms. The van der Waals surface area contributed by atoms with E-state index >= 15 is 0 Å². The fraction of sp³-hybridized carbons (Fsp3) is 0.400. The summed E-state index contributed by atoms with van der Waals surface area (Å²) in [4.78, 5) is 0. The molecular weight excluding hydrogens is 214 g/mol. The molecule has 0 amide bonds. The Kier molecular flexibility index (Phi) is 1.25. The van der Waals surface area contributed by atoms with Crippen LogP contribution in [0.25, 0.3) is 0 Å². The van der Waals surface area contributed by atoms with Crippen LogP contribution < -0.4 is 5.32 Å². The van der Waals surface area contributed by atoms with E-state index in [9.17, 15) is 0 Å². The van der Waals surface area contributed by atoms with E-state index in [1.54, 1.807) is 0 Å². The molecule has 2 aliphatic rings. The Balaban J connectivity index is 2.20. The lowest BCUT2D eigenvalue weighted by molar-refractivity contribution is 0.574. The minimum absolute atomic E-state index is 0.388. The fourth-order valence-electron chi connectivity index (χ4n) is 2.08. The van der Waals surface area contributed by atoms with Gasteiger partial charge in [-0.05, 0) is 36.1 Å². The van der Waals surface area contributed by atoms with Crippen LogP contribution in [0.15, 0.2) is 22.7 Å². The van der Waals surface area contributed by atoms with Crippen LogP contribution in [0.4, 0.5) is 0 Å². The number of fused-ring (bicyclic) bond motifs is 2. The molecule has 1 aromatic rings. The number of rotatable bonds is 0. The summed E-state index contributed by atoms with van der Waals surface area (Å²) >= 11 is 3.52. The predicted molar refractivity (Wildman–Crippen MR) is 51.9 cm³/mol. The third-order valence-corrected chi connectivity index (χ3v) is 3.45. The van der Waals surface area contributed by atoms with Crippen LogP contribution in [-0.4, -0.2) is 0 Å². The number of hydrogen-bond donors (Lipinski definition) is 1. The minimum Gasteiger partial charge on any atom is -0.303 e. The Morgan fingerprint density at radius 1 is 1.33 bits per heavy atom. The van der Waals surface area contributed by atoms with Crippen LogP contribution in [0.3, 0.4) is 0 Å². The molecule has 1 aliphatic heterocycles. The first-order valence-corrected chi connectivity index (χ1v) is 5.13. The lowest BCUT2D eigenvalue weighted by atomic mass is 10.0. The average Bonchev–Trinajstić information content (AvgIpc) is 2.74. The molecule has 0 aromatic heterocycles. The zero-order valence-electron chi connectivity index (χ0n) is 6.73. The highest BCUT2D eigenvalue weighted by molar-refractivity contribution is 9.10. The number of nitrogens with one attached hydrogen (secondary N) is 1. The Morgan fingerprint density at radius 2 is 2.17 bits per heavy atom. The van der Waals surface area contributed by atoms with Crippen molar-refractivity contribution in [1.29, 1.82) is 0 Å². The van der Waals surface area contributed by atoms with Crippen molar-refractivity contribution < 1.29 is 0 Å². The van der Waals surface area contributed by atoms with Crippen LogP contribution in [0.2, 0.25) is 0 Å². The first kappa shape index (κ1) is 7.10. The summed E-state index contributed by atoms with van der Waals surface area (Å²) in [5.41, 5.74) is 3.40. The number of hydrogen-bond acceptors (Lipinski definition) is 1. The van der Waals surface area contributed by atoms with E-state index in [1.807, 2.05) is 0 Å². The summed E-state index contributed by atoms with van der Waals surface area (Å²) in [5, 5.41) is 3.58. The van der Waals surface area contributed by atoms with E-state index in [0.717, 1.165) is 6.54 Å². The molecule has 1 aliphatic carbocycles. The quantitative estimate of drug-likeness (QED) is 0.714. The molecular formula is C10H10BrN. The highest BCUT2D eigenvalue weighted by atomic mass is 79.9. The van der Waals surface area contributed by atoms with Gasteiger partial charge in [0.1, 0.15) is 0 Å². The molecule has 0 atom stereocenters. The SMILES string of the molecule is Brc1ccc2c(c1)C1(CC1)NC2. The number of halogens is 1. The number of benzene rings is 1. The van der Waals surface area contributed by atoms with E-state index in [2.05, 4.69) is 39.4 Å². The molecule has 1 heterocycles. The summed E-state index contributed by atoms with van der Waals surface area (Å²) in [6, 6.07) is 6.61. The summed E-state index contributed by atoms with van der Waals surface area (Å²) in [6.07, 6.45) is 2.63. The molecule has 0 saturated heterocycles. The van der Waals surface area contributed by atoms with Gasteiger partial charge >= 0.3 is 0 Å². The van der Waals surface area contributed by atoms with Crippen LogP contribution in [0.5, 0.6) is 0 Å². The van der Waals surface area contributed by atoms with Crippen LogP contribution in [0.1, 0.15) is 24.0 Å². The molecule has 1 spiro atoms. The van der Waals surface area contributed by atoms with Crippen molar-refractivity contribution in [1.82, 2.24) is 5.32 Å². The molecule has 1 nitrogen and oxygen atoms in total. The first-order valence-electron chi connectivity index (χ1n) is 4.34. The van der Waals surface area contributed by atoms with Crippen LogP contribution >= 0.6 is 15.9 Å². The predicted octanol–water partition coefficient (Wildman–Crippen LogP) is 2.54. The Bertz CT molecular complexity index is 342. The molecule has 2 heteroatoms. The highest BCUT2D eigenvalue weighted by Crippen LogP contribution is 2.50. The molecule has 1 saturated carbocycles. The zero-order chi connectivity index (χ0) is 8.18. The van der Waals surface area contributed by atoms with Gasteiger partial charge in [-0.15, -0.1) is 0 Å². The van der Waals surface area contributed by atoms with Crippen molar-refractivity contribution in [3.05, 3.63) is 33.8 Å². The van der Waals surface area contributed by atoms with E-state index in [-0.39, 0.29) is 0 Å². The Morgan fingerprint density at radius 3 is 2.92 bits per heavy atom. The maximum atomic E-state index is 3.58. The maximum Gasteiger partial charge on any atom is 0.0442 e. The van der Waals surface area contributed by atoms with Crippen molar-refractivity contribution in [3.8, 4) is 0 Å². The second-order valence-corrected chi connectivity index (χ2v) is 4.65. The fourth-order valence-corrected chi connectivity index (χ4v) is 2.44. The third kappa shape index (κ3) is 0.824. The molecule has 1 fully saturated rings. The van der Waals surface area contributed by atoms with Gasteiger partial charge in [-0.1, -0.05) is 22.0 Å². The van der Waals surface area contributed by atoms with Gasteiger partial charge < -0.3 is 5.32 Å². The van der Waals surface area contributed by atoms with Gasteiger partial charge in [-0.3, -0.25) is 0 Å². The second kappa shape index (κ2) is 2.12. The largest absolute Gasteiger partial charge is 0.303 e. The molecule has 1 N–H and O–H groups in total. The van der Waals surface area contributed by atoms with Gasteiger partial charge in [0.2, 0.25) is 0 Å². The van der Waals surface area contributed by atoms with Gasteiger partial charge in [0.05, 0.1) is 0 Å². The van der Waals surface area contributed by atoms with Crippen molar-refractivity contribution >= 4 is 15.9 Å². The maximum absolute atomic E-state index is 3.58. The smallest absolute Gasteiger partial charge is 0.0442 e. The van der Waals surface area contributed by atoms with E-state index in [0.29, 0.717) is 5.54 Å². The van der Waals surface area contributed by atoms with Gasteiger partial charge in [0.25, 0.3) is 0 Å². The van der Waals surface area contributed by atoms with Gasteiger partial charge in [-0.25, -0.2) is 0 Å². The Hall–Kier alpha value is -0.340. The Labute approximate surface area is 80.3 Å². The van der Waals surface area contributed by atoms with E-state index < -0.39 is 0 Å². The van der Waals surface area contributed by atoms with Gasteiger partial charge in [-0.2, -0.15) is 0 Å². The first-order chi connectivity index (χ1) is 5.80. The van der Waals surface area contributed by atoms with E-state index in [4.69, 9.17) is 0 Å². The summed E-state index contributed by atoms with van der Waals surface area (Å²) in [7, 11) is 0. The van der Waals surface area contributed by atoms with E-state index in [1.165, 1.54) is 28.4 Å². The molecule has 12 heavy (non-hydrogen) atoms. The molecule has 3 rings (SSSR count). The summed E-state index contributed by atoms with van der Waals surface area (Å²) < 4.78 is 1.20. The zero-order valence-corrected chi connectivity index (χ0v) is 8.32.